The molecule has 4 rings (SSSR count). The summed E-state index contributed by atoms with van der Waals surface area (Å²) in [5.74, 6) is 0.214. The number of carbonyl (C=O) groups is 1. The van der Waals surface area contributed by atoms with Gasteiger partial charge in [-0.3, -0.25) is 4.79 Å². The summed E-state index contributed by atoms with van der Waals surface area (Å²) < 4.78 is 0. The van der Waals surface area contributed by atoms with Crippen molar-refractivity contribution in [3.05, 3.63) is 51.5 Å². The molecule has 154 valence electrons. The molecule has 0 radical (unpaired) electrons. The van der Waals surface area contributed by atoms with Crippen LogP contribution in [0, 0.1) is 19.3 Å². The number of aryl methyl sites for hydroxylation is 2. The number of hydrogen-bond acceptors (Lipinski definition) is 4. The van der Waals surface area contributed by atoms with Gasteiger partial charge >= 0.3 is 0 Å². The van der Waals surface area contributed by atoms with Gasteiger partial charge in [0.1, 0.15) is 0 Å². The maximum Gasteiger partial charge on any atom is 0.228 e. The molecule has 0 spiro atoms. The molecule has 7 heteroatoms. The highest BCUT2D eigenvalue weighted by Gasteiger charge is 2.55. The molecule has 0 aliphatic carbocycles. The molecule has 2 aromatic rings. The summed E-state index contributed by atoms with van der Waals surface area (Å²) in [6, 6.07) is 11.2. The normalized spacial score (nSPS) is 25.1. The summed E-state index contributed by atoms with van der Waals surface area (Å²) in [7, 11) is 0. The molecule has 2 fully saturated rings. The number of aromatic nitrogens is 1. The average molecular weight is 442 g/mol. The smallest absolute Gasteiger partial charge is 0.228 e. The first-order valence-corrected chi connectivity index (χ1v) is 10.4. The number of thiazole rings is 1. The number of nitrogens with zero attached hydrogens (tertiary/aromatic N) is 1. The molecule has 3 atom stereocenters. The lowest BCUT2D eigenvalue weighted by Gasteiger charge is -2.35. The average Bonchev–Trinajstić information content (AvgIpc) is 3.31. The Kier molecular flexibility index (Phi) is 7.91. The summed E-state index contributed by atoms with van der Waals surface area (Å²) in [6.45, 7) is 4.81. The van der Waals surface area contributed by atoms with Crippen LogP contribution >= 0.6 is 36.2 Å². The van der Waals surface area contributed by atoms with Crippen molar-refractivity contribution < 1.29 is 4.79 Å². The Hall–Kier alpha value is -1.14. The zero-order valence-corrected chi connectivity index (χ0v) is 18.8. The third-order valence-corrected chi connectivity index (χ3v) is 7.16. The second kappa shape index (κ2) is 9.57. The molecule has 4 nitrogen and oxygen atoms in total. The number of halogens is 2. The Morgan fingerprint density at radius 1 is 1.25 bits per heavy atom. The first-order chi connectivity index (χ1) is 12.6. The molecule has 1 aromatic carbocycles. The fourth-order valence-corrected chi connectivity index (χ4v) is 5.52. The fourth-order valence-electron chi connectivity index (χ4n) is 4.59. The van der Waals surface area contributed by atoms with E-state index >= 15 is 0 Å². The standard InChI is InChI=1S/C21H27N3OS.2ClH/c1-14-15(2)26-19(23-14)10-11-22-20(25)21(12-16-6-4-3-5-7-16)13-17-8-9-18(21)24-17;;/h3-7,17-18,24H,8-13H2,1-2H3,(H,22,25);2*1H/t17-,18+,21+;;/m0../s1. The molecule has 2 saturated heterocycles. The molecular formula is C21H29Cl2N3OS. The highest BCUT2D eigenvalue weighted by atomic mass is 35.5. The molecule has 2 N–H and O–H groups in total. The van der Waals surface area contributed by atoms with Crippen LogP contribution in [0.1, 0.15) is 40.4 Å². The van der Waals surface area contributed by atoms with Crippen LogP contribution in [0.3, 0.4) is 0 Å². The van der Waals surface area contributed by atoms with Crippen LogP contribution < -0.4 is 10.6 Å². The molecule has 1 aromatic heterocycles. The topological polar surface area (TPSA) is 54.0 Å². The van der Waals surface area contributed by atoms with Crippen LogP contribution in [0.25, 0.3) is 0 Å². The van der Waals surface area contributed by atoms with Crippen LogP contribution in [0.2, 0.25) is 0 Å². The molecule has 2 aliphatic heterocycles. The summed E-state index contributed by atoms with van der Waals surface area (Å²) >= 11 is 1.74. The van der Waals surface area contributed by atoms with Gasteiger partial charge in [0.15, 0.2) is 0 Å². The van der Waals surface area contributed by atoms with E-state index in [9.17, 15) is 4.79 Å². The molecule has 1 amide bonds. The van der Waals surface area contributed by atoms with Crippen molar-refractivity contribution in [1.29, 1.82) is 0 Å². The summed E-state index contributed by atoms with van der Waals surface area (Å²) in [6.07, 6.45) is 4.90. The Bertz CT molecular complexity index is 779. The van der Waals surface area contributed by atoms with Gasteiger partial charge < -0.3 is 10.6 Å². The van der Waals surface area contributed by atoms with E-state index in [1.54, 1.807) is 11.3 Å². The Morgan fingerprint density at radius 3 is 2.57 bits per heavy atom. The van der Waals surface area contributed by atoms with Gasteiger partial charge in [-0.15, -0.1) is 36.2 Å². The van der Waals surface area contributed by atoms with Crippen molar-refractivity contribution >= 4 is 42.1 Å². The zero-order valence-electron chi connectivity index (χ0n) is 16.4. The highest BCUT2D eigenvalue weighted by molar-refractivity contribution is 7.11. The summed E-state index contributed by atoms with van der Waals surface area (Å²) in [5.41, 5.74) is 2.05. The number of rotatable bonds is 6. The molecule has 28 heavy (non-hydrogen) atoms. The minimum atomic E-state index is -0.307. The van der Waals surface area contributed by atoms with Crippen LogP contribution in [0.5, 0.6) is 0 Å². The predicted octanol–water partition coefficient (Wildman–Crippen LogP) is 4.02. The zero-order chi connectivity index (χ0) is 18.1. The lowest BCUT2D eigenvalue weighted by atomic mass is 9.69. The van der Waals surface area contributed by atoms with E-state index in [2.05, 4.69) is 46.8 Å². The van der Waals surface area contributed by atoms with Gasteiger partial charge in [0.25, 0.3) is 0 Å². The van der Waals surface area contributed by atoms with Crippen molar-refractivity contribution in [3.8, 4) is 0 Å². The van der Waals surface area contributed by atoms with E-state index in [4.69, 9.17) is 0 Å². The van der Waals surface area contributed by atoms with Gasteiger partial charge in [-0.2, -0.15) is 0 Å². The number of nitrogens with one attached hydrogen (secondary N) is 2. The quantitative estimate of drug-likeness (QED) is 0.711. The van der Waals surface area contributed by atoms with Gasteiger partial charge in [-0.1, -0.05) is 30.3 Å². The maximum absolute atomic E-state index is 13.3. The minimum absolute atomic E-state index is 0. The largest absolute Gasteiger partial charge is 0.355 e. The Morgan fingerprint density at radius 2 is 2.00 bits per heavy atom. The highest BCUT2D eigenvalue weighted by Crippen LogP contribution is 2.45. The lowest BCUT2D eigenvalue weighted by Crippen LogP contribution is -2.50. The van der Waals surface area contributed by atoms with Crippen molar-refractivity contribution in [1.82, 2.24) is 15.6 Å². The summed E-state index contributed by atoms with van der Waals surface area (Å²) in [5, 5.41) is 8.02. The third-order valence-electron chi connectivity index (χ3n) is 6.03. The van der Waals surface area contributed by atoms with Gasteiger partial charge in [-0.05, 0) is 45.1 Å². The maximum atomic E-state index is 13.3. The Balaban J connectivity index is 0.00000140. The number of fused-ring (bicyclic) bond motifs is 2. The molecular weight excluding hydrogens is 413 g/mol. The third kappa shape index (κ3) is 4.54. The van der Waals surface area contributed by atoms with Gasteiger partial charge in [0.2, 0.25) is 5.91 Å². The van der Waals surface area contributed by atoms with Crippen LogP contribution in [-0.2, 0) is 17.6 Å². The monoisotopic (exact) mass is 441 g/mol. The summed E-state index contributed by atoms with van der Waals surface area (Å²) in [4.78, 5) is 19.1. The van der Waals surface area contributed by atoms with E-state index in [0.717, 1.165) is 36.4 Å². The van der Waals surface area contributed by atoms with Crippen LogP contribution in [0.15, 0.2) is 30.3 Å². The number of hydrogen-bond donors (Lipinski definition) is 2. The van der Waals surface area contributed by atoms with Gasteiger partial charge in [0, 0.05) is 29.9 Å². The van der Waals surface area contributed by atoms with Crippen molar-refractivity contribution in [3.63, 3.8) is 0 Å². The molecule has 0 unspecified atom stereocenters. The van der Waals surface area contributed by atoms with Crippen LogP contribution in [-0.4, -0.2) is 29.5 Å². The number of carbonyl (C=O) groups excluding carboxylic acids is 1. The van der Waals surface area contributed by atoms with Crippen LogP contribution in [0.4, 0.5) is 0 Å². The fraction of sp³-hybridized carbons (Fsp3) is 0.524. The predicted molar refractivity (Wildman–Crippen MR) is 120 cm³/mol. The van der Waals surface area contributed by atoms with Crippen molar-refractivity contribution in [2.45, 2.75) is 58.0 Å². The van der Waals surface area contributed by atoms with Crippen molar-refractivity contribution in [2.75, 3.05) is 6.54 Å². The second-order valence-electron chi connectivity index (χ2n) is 7.77. The number of benzene rings is 1. The molecule has 0 saturated carbocycles. The van der Waals surface area contributed by atoms with E-state index in [-0.39, 0.29) is 36.1 Å². The Labute approximate surface area is 183 Å². The van der Waals surface area contributed by atoms with E-state index in [1.807, 2.05) is 13.0 Å². The van der Waals surface area contributed by atoms with E-state index in [0.29, 0.717) is 18.6 Å². The first-order valence-electron chi connectivity index (χ1n) is 9.58. The minimum Gasteiger partial charge on any atom is -0.355 e. The van der Waals surface area contributed by atoms with E-state index in [1.165, 1.54) is 16.9 Å². The molecule has 3 heterocycles. The second-order valence-corrected chi connectivity index (χ2v) is 9.06. The lowest BCUT2D eigenvalue weighted by molar-refractivity contribution is -0.132. The molecule has 2 bridgehead atoms. The first kappa shape index (κ1) is 23.1. The van der Waals surface area contributed by atoms with Crippen molar-refractivity contribution in [2.24, 2.45) is 5.41 Å². The van der Waals surface area contributed by atoms with E-state index < -0.39 is 0 Å². The van der Waals surface area contributed by atoms with Gasteiger partial charge in [-0.25, -0.2) is 4.98 Å². The van der Waals surface area contributed by atoms with Gasteiger partial charge in [0.05, 0.1) is 16.1 Å². The molecule has 2 aliphatic rings. The SMILES string of the molecule is Cc1nc(CCNC(=O)[C@]2(Cc3ccccc3)C[C@@H]3CC[C@H]2N3)sc1C.Cl.Cl. The number of amides is 1.